The molecule has 0 aliphatic heterocycles. The molecule has 5 nitrogen and oxygen atoms in total. The number of aryl methyl sites for hydroxylation is 1. The molecule has 0 fully saturated rings. The Kier molecular flexibility index (Phi) is 5.33. The van der Waals surface area contributed by atoms with Crippen LogP contribution in [0.25, 0.3) is 0 Å². The molecule has 0 saturated carbocycles. The number of hydrogen-bond donors (Lipinski definition) is 2. The number of hydrogen-bond acceptors (Lipinski definition) is 4. The molecule has 1 heterocycles. The number of rotatable bonds is 6. The summed E-state index contributed by atoms with van der Waals surface area (Å²) in [5, 5.41) is 2.85. The van der Waals surface area contributed by atoms with Crippen LogP contribution in [0.5, 0.6) is 0 Å². The molecular weight excluding hydrogens is 320 g/mol. The van der Waals surface area contributed by atoms with Crippen molar-refractivity contribution in [3.05, 3.63) is 57.3 Å². The van der Waals surface area contributed by atoms with E-state index in [9.17, 15) is 13.2 Å². The molecule has 118 valence electrons. The Morgan fingerprint density at radius 1 is 1.09 bits per heavy atom. The number of benzene rings is 1. The second kappa shape index (κ2) is 7.04. The van der Waals surface area contributed by atoms with Crippen LogP contribution in [0.3, 0.4) is 0 Å². The normalized spacial score (nSPS) is 11.4. The van der Waals surface area contributed by atoms with Gasteiger partial charge in [-0.2, -0.15) is 0 Å². The van der Waals surface area contributed by atoms with E-state index in [0.717, 1.165) is 10.4 Å². The summed E-state index contributed by atoms with van der Waals surface area (Å²) < 4.78 is 25.2. The third kappa shape index (κ3) is 4.66. The first kappa shape index (κ1) is 16.7. The Balaban J connectivity index is 1.93. The highest BCUT2D eigenvalue weighted by Crippen LogP contribution is 2.15. The second-order valence-corrected chi connectivity index (χ2v) is 8.09. The third-order valence-electron chi connectivity index (χ3n) is 3.11. The molecule has 0 aliphatic carbocycles. The van der Waals surface area contributed by atoms with Gasteiger partial charge in [0.2, 0.25) is 10.0 Å². The quantitative estimate of drug-likeness (QED) is 0.846. The zero-order valence-corrected chi connectivity index (χ0v) is 14.1. The van der Waals surface area contributed by atoms with Crippen LogP contribution in [-0.4, -0.2) is 21.4 Å². The summed E-state index contributed by atoms with van der Waals surface area (Å²) in [5.41, 5.74) is 1.63. The van der Waals surface area contributed by atoms with E-state index in [1.165, 1.54) is 18.4 Å². The van der Waals surface area contributed by atoms with Gasteiger partial charge in [-0.3, -0.25) is 4.79 Å². The Bertz CT molecular complexity index is 749. The molecule has 22 heavy (non-hydrogen) atoms. The van der Waals surface area contributed by atoms with E-state index in [1.54, 1.807) is 18.2 Å². The fourth-order valence-corrected chi connectivity index (χ4v) is 3.43. The number of nitrogens with one attached hydrogen (secondary N) is 2. The summed E-state index contributed by atoms with van der Waals surface area (Å²) in [6.45, 7) is 2.37. The van der Waals surface area contributed by atoms with E-state index < -0.39 is 10.0 Å². The molecule has 2 N–H and O–H groups in total. The first-order valence-electron chi connectivity index (χ1n) is 6.73. The van der Waals surface area contributed by atoms with Gasteiger partial charge in [-0.15, -0.1) is 11.3 Å². The number of thiophene rings is 1. The molecule has 0 spiro atoms. The molecule has 2 aromatic rings. The SMILES string of the molecule is CNS(=O)(=O)Cc1ccc(CNC(=O)c2ccc(C)s2)cc1. The highest BCUT2D eigenvalue weighted by Gasteiger charge is 2.09. The first-order valence-corrected chi connectivity index (χ1v) is 9.20. The van der Waals surface area contributed by atoms with Crippen LogP contribution >= 0.6 is 11.3 Å². The topological polar surface area (TPSA) is 75.3 Å². The lowest BCUT2D eigenvalue weighted by Crippen LogP contribution is -2.22. The maximum absolute atomic E-state index is 11.9. The molecular formula is C15H18N2O3S2. The Labute approximate surface area is 134 Å². The van der Waals surface area contributed by atoms with Gasteiger partial charge in [-0.05, 0) is 37.2 Å². The molecule has 2 rings (SSSR count). The predicted molar refractivity (Wildman–Crippen MR) is 88.4 cm³/mol. The van der Waals surface area contributed by atoms with E-state index in [2.05, 4.69) is 10.0 Å². The van der Waals surface area contributed by atoms with Crippen LogP contribution in [0.4, 0.5) is 0 Å². The van der Waals surface area contributed by atoms with Crippen LogP contribution < -0.4 is 10.0 Å². The zero-order chi connectivity index (χ0) is 16.2. The molecule has 0 atom stereocenters. The van der Waals surface area contributed by atoms with Gasteiger partial charge in [0.05, 0.1) is 10.6 Å². The van der Waals surface area contributed by atoms with E-state index in [4.69, 9.17) is 0 Å². The minimum absolute atomic E-state index is 0.0510. The van der Waals surface area contributed by atoms with Crippen molar-refractivity contribution in [1.29, 1.82) is 0 Å². The smallest absolute Gasteiger partial charge is 0.261 e. The van der Waals surface area contributed by atoms with Crippen molar-refractivity contribution in [3.8, 4) is 0 Å². The average Bonchev–Trinajstić information content (AvgIpc) is 2.92. The van der Waals surface area contributed by atoms with Crippen LogP contribution in [0, 0.1) is 6.92 Å². The summed E-state index contributed by atoms with van der Waals surface area (Å²) in [6, 6.07) is 10.9. The van der Waals surface area contributed by atoms with Crippen molar-refractivity contribution < 1.29 is 13.2 Å². The Morgan fingerprint density at radius 3 is 2.27 bits per heavy atom. The monoisotopic (exact) mass is 338 g/mol. The fourth-order valence-electron chi connectivity index (χ4n) is 1.87. The van der Waals surface area contributed by atoms with Crippen molar-refractivity contribution in [2.24, 2.45) is 0 Å². The van der Waals surface area contributed by atoms with Gasteiger partial charge in [-0.1, -0.05) is 24.3 Å². The van der Waals surface area contributed by atoms with Crippen LogP contribution in [-0.2, 0) is 22.3 Å². The lowest BCUT2D eigenvalue weighted by Gasteiger charge is -2.06. The lowest BCUT2D eigenvalue weighted by molar-refractivity contribution is 0.0955. The van der Waals surface area contributed by atoms with Crippen molar-refractivity contribution >= 4 is 27.3 Å². The van der Waals surface area contributed by atoms with Gasteiger partial charge < -0.3 is 5.32 Å². The number of carbonyl (C=O) groups is 1. The molecule has 0 radical (unpaired) electrons. The maximum Gasteiger partial charge on any atom is 0.261 e. The molecule has 1 aromatic carbocycles. The van der Waals surface area contributed by atoms with Crippen molar-refractivity contribution in [2.75, 3.05) is 7.05 Å². The highest BCUT2D eigenvalue weighted by molar-refractivity contribution is 7.88. The van der Waals surface area contributed by atoms with Gasteiger partial charge in [0, 0.05) is 11.4 Å². The number of amides is 1. The van der Waals surface area contributed by atoms with E-state index in [1.807, 2.05) is 25.1 Å². The number of sulfonamides is 1. The van der Waals surface area contributed by atoms with Gasteiger partial charge >= 0.3 is 0 Å². The Hall–Kier alpha value is -1.70. The molecule has 1 aromatic heterocycles. The summed E-state index contributed by atoms with van der Waals surface area (Å²) in [7, 11) is -1.87. The summed E-state index contributed by atoms with van der Waals surface area (Å²) in [4.78, 5) is 13.7. The first-order chi connectivity index (χ1) is 10.4. The minimum Gasteiger partial charge on any atom is -0.347 e. The van der Waals surface area contributed by atoms with Crippen molar-refractivity contribution in [2.45, 2.75) is 19.2 Å². The highest BCUT2D eigenvalue weighted by atomic mass is 32.2. The maximum atomic E-state index is 11.9. The molecule has 7 heteroatoms. The van der Waals surface area contributed by atoms with E-state index in [0.29, 0.717) is 17.0 Å². The summed E-state index contributed by atoms with van der Waals surface area (Å²) in [5.74, 6) is -0.148. The molecule has 0 aliphatic rings. The van der Waals surface area contributed by atoms with E-state index >= 15 is 0 Å². The molecule has 0 saturated heterocycles. The van der Waals surface area contributed by atoms with Crippen molar-refractivity contribution in [1.82, 2.24) is 10.0 Å². The summed E-state index contributed by atoms with van der Waals surface area (Å²) >= 11 is 1.46. The standard InChI is InChI=1S/C15H18N2O3S2/c1-11-3-8-14(21-11)15(18)17-9-12-4-6-13(7-5-12)10-22(19,20)16-2/h3-8,16H,9-10H2,1-2H3,(H,17,18). The molecule has 1 amide bonds. The molecule has 0 bridgehead atoms. The second-order valence-electron chi connectivity index (χ2n) is 4.87. The van der Waals surface area contributed by atoms with E-state index in [-0.39, 0.29) is 11.7 Å². The Morgan fingerprint density at radius 2 is 1.73 bits per heavy atom. The lowest BCUT2D eigenvalue weighted by atomic mass is 10.1. The van der Waals surface area contributed by atoms with Crippen LogP contribution in [0.2, 0.25) is 0 Å². The van der Waals surface area contributed by atoms with Gasteiger partial charge in [-0.25, -0.2) is 13.1 Å². The number of carbonyl (C=O) groups excluding carboxylic acids is 1. The van der Waals surface area contributed by atoms with Crippen molar-refractivity contribution in [3.63, 3.8) is 0 Å². The van der Waals surface area contributed by atoms with Gasteiger partial charge in [0.25, 0.3) is 5.91 Å². The zero-order valence-electron chi connectivity index (χ0n) is 12.4. The fraction of sp³-hybridized carbons (Fsp3) is 0.267. The largest absolute Gasteiger partial charge is 0.347 e. The minimum atomic E-state index is -3.26. The van der Waals surface area contributed by atoms with Gasteiger partial charge in [0.15, 0.2) is 0 Å². The van der Waals surface area contributed by atoms with Crippen LogP contribution in [0.1, 0.15) is 25.7 Å². The third-order valence-corrected chi connectivity index (χ3v) is 5.44. The predicted octanol–water partition coefficient (Wildman–Crippen LogP) is 2.04. The molecule has 0 unspecified atom stereocenters. The van der Waals surface area contributed by atoms with Gasteiger partial charge in [0.1, 0.15) is 0 Å². The van der Waals surface area contributed by atoms with Crippen LogP contribution in [0.15, 0.2) is 36.4 Å². The summed E-state index contributed by atoms with van der Waals surface area (Å²) in [6.07, 6.45) is 0. The average molecular weight is 338 g/mol.